The Hall–Kier alpha value is -1.67. The van der Waals surface area contributed by atoms with E-state index in [9.17, 15) is 4.79 Å². The number of cyclic esters (lactones) is 1. The molecule has 7 rings (SSSR count). The van der Waals surface area contributed by atoms with Crippen molar-refractivity contribution in [2.24, 2.45) is 41.4 Å². The van der Waals surface area contributed by atoms with Crippen molar-refractivity contribution in [2.75, 3.05) is 35.4 Å². The molecule has 332 valence electrons. The van der Waals surface area contributed by atoms with Gasteiger partial charge in [-0.25, -0.2) is 0 Å². The smallest absolute Gasteiger partial charge is 0.306 e. The highest BCUT2D eigenvalue weighted by molar-refractivity contribution is 6.30. The van der Waals surface area contributed by atoms with Gasteiger partial charge in [0.15, 0.2) is 12.6 Å². The minimum Gasteiger partial charge on any atom is -0.462 e. The summed E-state index contributed by atoms with van der Waals surface area (Å²) in [5, 5.41) is 0.651. The minimum absolute atomic E-state index is 0.0173. The van der Waals surface area contributed by atoms with E-state index < -0.39 is 18.3 Å². The Morgan fingerprint density at radius 2 is 1.56 bits per heavy atom. The second-order valence-electron chi connectivity index (χ2n) is 19.0. The molecule has 3 saturated carbocycles. The van der Waals surface area contributed by atoms with Crippen LogP contribution in [0.4, 0.5) is 0 Å². The van der Waals surface area contributed by atoms with Gasteiger partial charge in [0, 0.05) is 50.7 Å². The first-order valence-electron chi connectivity index (χ1n) is 22.7. The molecule has 3 aliphatic carbocycles. The molecule has 6 aliphatic rings. The van der Waals surface area contributed by atoms with Gasteiger partial charge in [-0.1, -0.05) is 37.6 Å². The van der Waals surface area contributed by atoms with Crippen LogP contribution in [0.2, 0.25) is 5.02 Å². The number of carbonyl (C=O) groups is 2. The molecule has 8 unspecified atom stereocenters. The van der Waals surface area contributed by atoms with E-state index in [1.54, 1.807) is 21.3 Å². The molecule has 12 heteroatoms. The topological polar surface area (TPSA) is 111 Å². The fraction of sp³-hybridized carbons (Fsp3) is 0.830. The third-order valence-electron chi connectivity index (χ3n) is 15.6. The second-order valence-corrected chi connectivity index (χ2v) is 19.4. The highest BCUT2D eigenvalue weighted by Crippen LogP contribution is 2.64. The molecular weight excluding hydrogens is 774 g/mol. The van der Waals surface area contributed by atoms with Crippen LogP contribution in [-0.4, -0.2) is 120 Å². The van der Waals surface area contributed by atoms with Gasteiger partial charge in [-0.15, -0.1) is 0 Å². The Balaban J connectivity index is 1.20. The molecule has 0 radical (unpaired) electrons. The molecule has 11 nitrogen and oxygen atoms in total. The highest BCUT2D eigenvalue weighted by atomic mass is 35.5. The van der Waals surface area contributed by atoms with Crippen molar-refractivity contribution in [3.05, 3.63) is 34.9 Å². The predicted octanol–water partition coefficient (Wildman–Crippen LogP) is 7.84. The highest BCUT2D eigenvalue weighted by Gasteiger charge is 2.61. The Morgan fingerprint density at radius 3 is 2.24 bits per heavy atom. The van der Waals surface area contributed by atoms with E-state index in [0.29, 0.717) is 23.4 Å². The van der Waals surface area contributed by atoms with Crippen molar-refractivity contribution in [1.29, 1.82) is 0 Å². The molecule has 3 aliphatic heterocycles. The number of benzene rings is 1. The molecule has 1 aromatic rings. The third-order valence-corrected chi connectivity index (χ3v) is 15.8. The molecule has 0 spiro atoms. The summed E-state index contributed by atoms with van der Waals surface area (Å²) in [5.41, 5.74) is 1.08. The largest absolute Gasteiger partial charge is 0.462 e. The maximum absolute atomic E-state index is 15.6. The van der Waals surface area contributed by atoms with Gasteiger partial charge in [-0.2, -0.15) is 0 Å². The van der Waals surface area contributed by atoms with Crippen molar-refractivity contribution in [3.63, 3.8) is 0 Å². The average Bonchev–Trinajstić information content (AvgIpc) is 3.77. The van der Waals surface area contributed by atoms with Crippen LogP contribution in [0.15, 0.2) is 24.3 Å². The van der Waals surface area contributed by atoms with Gasteiger partial charge < -0.3 is 42.8 Å². The van der Waals surface area contributed by atoms with E-state index in [2.05, 4.69) is 51.9 Å². The monoisotopic (exact) mass is 845 g/mol. The van der Waals surface area contributed by atoms with Crippen LogP contribution in [0.25, 0.3) is 0 Å². The molecule has 0 amide bonds. The molecule has 1 aromatic carbocycles. The van der Waals surface area contributed by atoms with Crippen LogP contribution in [0.1, 0.15) is 110 Å². The fourth-order valence-electron chi connectivity index (χ4n) is 12.8. The predicted molar refractivity (Wildman–Crippen MR) is 224 cm³/mol. The van der Waals surface area contributed by atoms with Gasteiger partial charge in [0.2, 0.25) is 0 Å². The summed E-state index contributed by atoms with van der Waals surface area (Å²) in [7, 11) is 9.20. The number of methoxy groups -OCH3 is 3. The standard InChI is InChI=1S/C47H72ClNO10/c1-10-31-15-12-16-37(59-39-20-19-36(49(5)6)26(3)55-39)25(2)43(51)42-35(24-38(50)57-31)33-18-17-28-22-32(23-34(28)41(33)40(42)29-13-11-14-30(48)21-29)58-47-46(54-9)45(53-8)44(52-7)27(4)56-47/h11,13-14,21,25-28,31-37,39-42,44-47H,10,12,15-20,22-24H2,1-9H3/t25-,26?,27?,28?,31+,32-,33?,34-,35+,36+,37+,39+,40?,41-,42?,44+,45?,46?,47+/m1/s1. The number of esters is 1. The normalized spacial score (nSPS) is 44.6. The van der Waals surface area contributed by atoms with Crippen LogP contribution in [0, 0.1) is 41.4 Å². The number of likely N-dealkylation sites (N-methyl/N-ethyl adjacent to an activating group) is 1. The van der Waals surface area contributed by atoms with Crippen molar-refractivity contribution in [3.8, 4) is 0 Å². The maximum atomic E-state index is 15.6. The number of halogens is 1. The summed E-state index contributed by atoms with van der Waals surface area (Å²) in [6, 6.07) is 8.43. The summed E-state index contributed by atoms with van der Waals surface area (Å²) >= 11 is 6.78. The summed E-state index contributed by atoms with van der Waals surface area (Å²) < 4.78 is 50.6. The summed E-state index contributed by atoms with van der Waals surface area (Å²) in [5.74, 6) is -0.0409. The van der Waals surface area contributed by atoms with Crippen LogP contribution in [-0.2, 0) is 47.5 Å². The van der Waals surface area contributed by atoms with Crippen LogP contribution in [0.5, 0.6) is 0 Å². The van der Waals surface area contributed by atoms with Gasteiger partial charge in [-0.05, 0) is 145 Å². The lowest BCUT2D eigenvalue weighted by Gasteiger charge is -2.44. The maximum Gasteiger partial charge on any atom is 0.306 e. The molecule has 0 N–H and O–H groups in total. The number of hydrogen-bond donors (Lipinski definition) is 0. The summed E-state index contributed by atoms with van der Waals surface area (Å²) in [4.78, 5) is 31.8. The SMILES string of the molecule is CC[C@H]1CCC[C@H](O[C@H]2CC[C@H](N(C)C)C(C)O2)[C@@H](C)C(=O)C2C(c3cccc(Cl)c3)[C@@H]3C(CCC4C[C@@H](O[C@@H]5OC(C)[C@H](OC)C(OC)C5OC)C[C@H]43)[C@@H]2CC(=O)O1. The molecule has 59 heavy (non-hydrogen) atoms. The fourth-order valence-corrected chi connectivity index (χ4v) is 13.0. The lowest BCUT2D eigenvalue weighted by molar-refractivity contribution is -0.314. The zero-order valence-electron chi connectivity index (χ0n) is 37.0. The van der Waals surface area contributed by atoms with E-state index in [1.165, 1.54) is 0 Å². The van der Waals surface area contributed by atoms with E-state index >= 15 is 4.79 Å². The first-order chi connectivity index (χ1) is 28.4. The zero-order chi connectivity index (χ0) is 42.1. The minimum atomic E-state index is -0.611. The zero-order valence-corrected chi connectivity index (χ0v) is 37.7. The van der Waals surface area contributed by atoms with Crippen molar-refractivity contribution in [2.45, 2.75) is 172 Å². The summed E-state index contributed by atoms with van der Waals surface area (Å²) in [6.45, 7) is 8.26. The number of ether oxygens (including phenoxy) is 8. The van der Waals surface area contributed by atoms with Crippen LogP contribution >= 0.6 is 11.6 Å². The van der Waals surface area contributed by atoms with Gasteiger partial charge in [0.25, 0.3) is 0 Å². The first-order valence-corrected chi connectivity index (χ1v) is 23.1. The molecule has 3 heterocycles. The number of Topliss-reactive ketones (excluding diaryl/α,β-unsaturated/α-hetero) is 1. The van der Waals surface area contributed by atoms with E-state index in [4.69, 9.17) is 49.5 Å². The van der Waals surface area contributed by atoms with Crippen molar-refractivity contribution >= 4 is 23.4 Å². The van der Waals surface area contributed by atoms with E-state index in [0.717, 1.165) is 63.4 Å². The Kier molecular flexibility index (Phi) is 15.2. The lowest BCUT2D eigenvalue weighted by atomic mass is 9.64. The quantitative estimate of drug-likeness (QED) is 0.215. The van der Waals surface area contributed by atoms with Gasteiger partial charge in [0.1, 0.15) is 30.2 Å². The van der Waals surface area contributed by atoms with Crippen LogP contribution < -0.4 is 0 Å². The third kappa shape index (κ3) is 9.50. The number of fused-ring (bicyclic) bond motifs is 5. The van der Waals surface area contributed by atoms with Gasteiger partial charge >= 0.3 is 5.97 Å². The molecule has 19 atom stereocenters. The van der Waals surface area contributed by atoms with Crippen LogP contribution in [0.3, 0.4) is 0 Å². The number of ketones is 1. The molecule has 6 fully saturated rings. The lowest BCUT2D eigenvalue weighted by Crippen LogP contribution is -2.59. The first kappa shape index (κ1) is 45.4. The molecular formula is C47H72ClNO10. The molecule has 0 aromatic heterocycles. The van der Waals surface area contributed by atoms with E-state index in [1.807, 2.05) is 19.1 Å². The second kappa shape index (κ2) is 19.8. The number of carbonyl (C=O) groups excluding carboxylic acids is 2. The van der Waals surface area contributed by atoms with E-state index in [-0.39, 0.29) is 103 Å². The number of nitrogens with zero attached hydrogens (tertiary/aromatic N) is 1. The Labute approximate surface area is 358 Å². The number of hydrogen-bond acceptors (Lipinski definition) is 11. The van der Waals surface area contributed by atoms with Crippen molar-refractivity contribution in [1.82, 2.24) is 4.90 Å². The average molecular weight is 847 g/mol. The Bertz CT molecular complexity index is 1560. The molecule has 3 saturated heterocycles. The number of rotatable bonds is 10. The molecule has 0 bridgehead atoms. The van der Waals surface area contributed by atoms with Crippen molar-refractivity contribution < 1.29 is 47.5 Å². The Morgan fingerprint density at radius 1 is 0.797 bits per heavy atom. The van der Waals surface area contributed by atoms with Gasteiger partial charge in [0.05, 0.1) is 24.4 Å². The van der Waals surface area contributed by atoms with Gasteiger partial charge in [-0.3, -0.25) is 9.59 Å². The summed E-state index contributed by atoms with van der Waals surface area (Å²) in [6.07, 6.45) is 5.83.